The Morgan fingerprint density at radius 1 is 1.38 bits per heavy atom. The number of carbonyl (C=O) groups is 2. The summed E-state index contributed by atoms with van der Waals surface area (Å²) in [7, 11) is 1.96. The van der Waals surface area contributed by atoms with Crippen LogP contribution in [0.2, 0.25) is 0 Å². The van der Waals surface area contributed by atoms with E-state index in [1.807, 2.05) is 42.3 Å². The fourth-order valence-electron chi connectivity index (χ4n) is 1.51. The monoisotopic (exact) mass is 219 g/mol. The minimum absolute atomic E-state index is 0.0588. The molecule has 1 unspecified atom stereocenters. The standard InChI is InChI=1S/C13H17NO2/c1-11(16)12(10-15)8-9-14(2)13-6-4-3-5-7-13/h3-7,10,12H,8-9H2,1-2H3. The highest BCUT2D eigenvalue weighted by Gasteiger charge is 2.13. The Bertz CT molecular complexity index is 348. The first-order valence-corrected chi connectivity index (χ1v) is 5.37. The van der Waals surface area contributed by atoms with E-state index in [1.165, 1.54) is 6.92 Å². The number of hydrogen-bond acceptors (Lipinski definition) is 3. The summed E-state index contributed by atoms with van der Waals surface area (Å²) in [6.07, 6.45) is 1.31. The maximum Gasteiger partial charge on any atom is 0.140 e. The summed E-state index contributed by atoms with van der Waals surface area (Å²) in [4.78, 5) is 23.8. The SMILES string of the molecule is CC(=O)C(C=O)CCN(C)c1ccccc1. The van der Waals surface area contributed by atoms with Crippen molar-refractivity contribution in [3.05, 3.63) is 30.3 Å². The normalized spacial score (nSPS) is 11.9. The van der Waals surface area contributed by atoms with Gasteiger partial charge in [-0.05, 0) is 25.5 Å². The molecule has 0 amide bonds. The molecule has 0 saturated carbocycles. The Morgan fingerprint density at radius 2 is 2.00 bits per heavy atom. The van der Waals surface area contributed by atoms with Crippen LogP contribution >= 0.6 is 0 Å². The van der Waals surface area contributed by atoms with Crippen LogP contribution in [0.5, 0.6) is 0 Å². The van der Waals surface area contributed by atoms with Crippen LogP contribution in [-0.4, -0.2) is 25.7 Å². The van der Waals surface area contributed by atoms with E-state index in [2.05, 4.69) is 0 Å². The first-order chi connectivity index (χ1) is 7.65. The molecule has 3 heteroatoms. The molecule has 0 aliphatic heterocycles. The molecule has 0 saturated heterocycles. The molecule has 0 spiro atoms. The van der Waals surface area contributed by atoms with Gasteiger partial charge in [0.15, 0.2) is 0 Å². The molecule has 16 heavy (non-hydrogen) atoms. The molecule has 3 nitrogen and oxygen atoms in total. The first-order valence-electron chi connectivity index (χ1n) is 5.37. The van der Waals surface area contributed by atoms with Crippen LogP contribution in [0.15, 0.2) is 30.3 Å². The van der Waals surface area contributed by atoms with Crippen molar-refractivity contribution in [1.82, 2.24) is 0 Å². The van der Waals surface area contributed by atoms with Gasteiger partial charge in [0.2, 0.25) is 0 Å². The summed E-state index contributed by atoms with van der Waals surface area (Å²) in [6, 6.07) is 9.90. The van der Waals surface area contributed by atoms with Crippen LogP contribution in [-0.2, 0) is 9.59 Å². The maximum atomic E-state index is 11.1. The van der Waals surface area contributed by atoms with Crippen LogP contribution in [0.3, 0.4) is 0 Å². The number of anilines is 1. The summed E-state index contributed by atoms with van der Waals surface area (Å²) in [5.74, 6) is -0.525. The number of benzene rings is 1. The quantitative estimate of drug-likeness (QED) is 0.542. The summed E-state index contributed by atoms with van der Waals surface area (Å²) in [5.41, 5.74) is 1.09. The van der Waals surface area contributed by atoms with Crippen molar-refractivity contribution in [3.63, 3.8) is 0 Å². The lowest BCUT2D eigenvalue weighted by Crippen LogP contribution is -2.24. The van der Waals surface area contributed by atoms with Crippen LogP contribution in [0.1, 0.15) is 13.3 Å². The van der Waals surface area contributed by atoms with Crippen molar-refractivity contribution in [3.8, 4) is 0 Å². The van der Waals surface area contributed by atoms with E-state index >= 15 is 0 Å². The van der Waals surface area contributed by atoms with Gasteiger partial charge in [-0.25, -0.2) is 0 Å². The molecule has 1 aromatic rings. The zero-order valence-corrected chi connectivity index (χ0v) is 9.72. The molecule has 0 bridgehead atoms. The number of ketones is 1. The predicted molar refractivity (Wildman–Crippen MR) is 64.6 cm³/mol. The van der Waals surface area contributed by atoms with Gasteiger partial charge >= 0.3 is 0 Å². The minimum Gasteiger partial charge on any atom is -0.375 e. The largest absolute Gasteiger partial charge is 0.375 e. The van der Waals surface area contributed by atoms with Gasteiger partial charge in [-0.1, -0.05) is 18.2 Å². The second-order valence-electron chi connectivity index (χ2n) is 3.90. The molecule has 0 aromatic heterocycles. The maximum absolute atomic E-state index is 11.1. The van der Waals surface area contributed by atoms with Gasteiger partial charge < -0.3 is 9.69 Å². The van der Waals surface area contributed by atoms with E-state index in [0.29, 0.717) is 13.0 Å². The molecule has 0 fully saturated rings. The van der Waals surface area contributed by atoms with Crippen LogP contribution < -0.4 is 4.90 Å². The molecule has 1 rings (SSSR count). The minimum atomic E-state index is -0.467. The van der Waals surface area contributed by atoms with Crippen molar-refractivity contribution in [2.24, 2.45) is 5.92 Å². The molecule has 1 atom stereocenters. The number of carbonyl (C=O) groups excluding carboxylic acids is 2. The Morgan fingerprint density at radius 3 is 2.50 bits per heavy atom. The third kappa shape index (κ3) is 3.50. The van der Waals surface area contributed by atoms with Gasteiger partial charge in [0, 0.05) is 19.3 Å². The molecule has 0 N–H and O–H groups in total. The van der Waals surface area contributed by atoms with Crippen LogP contribution in [0, 0.1) is 5.92 Å². The fourth-order valence-corrected chi connectivity index (χ4v) is 1.51. The number of para-hydroxylation sites is 1. The van der Waals surface area contributed by atoms with E-state index in [1.54, 1.807) is 0 Å². The predicted octanol–water partition coefficient (Wildman–Crippen LogP) is 1.92. The lowest BCUT2D eigenvalue weighted by molar-refractivity contribution is -0.125. The molecule has 0 aliphatic carbocycles. The summed E-state index contributed by atoms with van der Waals surface area (Å²) < 4.78 is 0. The molecule has 1 aromatic carbocycles. The van der Waals surface area contributed by atoms with Crippen molar-refractivity contribution < 1.29 is 9.59 Å². The van der Waals surface area contributed by atoms with Gasteiger partial charge in [-0.15, -0.1) is 0 Å². The third-order valence-electron chi connectivity index (χ3n) is 2.66. The average Bonchev–Trinajstić information content (AvgIpc) is 2.30. The zero-order chi connectivity index (χ0) is 12.0. The summed E-state index contributed by atoms with van der Waals surface area (Å²) in [5, 5.41) is 0. The number of hydrogen-bond donors (Lipinski definition) is 0. The second kappa shape index (κ2) is 6.05. The molecule has 0 aliphatic rings. The number of aldehydes is 1. The molecule has 0 radical (unpaired) electrons. The lowest BCUT2D eigenvalue weighted by atomic mass is 10.0. The Balaban J connectivity index is 2.49. The molecular formula is C13H17NO2. The van der Waals surface area contributed by atoms with E-state index in [9.17, 15) is 9.59 Å². The molecule has 86 valence electrons. The first kappa shape index (κ1) is 12.4. The van der Waals surface area contributed by atoms with Gasteiger partial charge in [0.25, 0.3) is 0 Å². The van der Waals surface area contributed by atoms with E-state index < -0.39 is 5.92 Å². The molecule has 0 heterocycles. The van der Waals surface area contributed by atoms with Gasteiger partial charge in [0.1, 0.15) is 12.1 Å². The highest BCUT2D eigenvalue weighted by atomic mass is 16.1. The molecular weight excluding hydrogens is 202 g/mol. The highest BCUT2D eigenvalue weighted by molar-refractivity contribution is 5.91. The van der Waals surface area contributed by atoms with Crippen LogP contribution in [0.4, 0.5) is 5.69 Å². The third-order valence-corrected chi connectivity index (χ3v) is 2.66. The number of Topliss-reactive ketones (excluding diaryl/α,β-unsaturated/α-hetero) is 1. The topological polar surface area (TPSA) is 37.4 Å². The van der Waals surface area contributed by atoms with E-state index in [0.717, 1.165) is 12.0 Å². The van der Waals surface area contributed by atoms with Gasteiger partial charge in [-0.3, -0.25) is 4.79 Å². The van der Waals surface area contributed by atoms with Crippen molar-refractivity contribution >= 4 is 17.8 Å². The van der Waals surface area contributed by atoms with Crippen molar-refractivity contribution in [1.29, 1.82) is 0 Å². The zero-order valence-electron chi connectivity index (χ0n) is 9.72. The van der Waals surface area contributed by atoms with Gasteiger partial charge in [0.05, 0.1) is 5.92 Å². The Hall–Kier alpha value is -1.64. The number of nitrogens with zero attached hydrogens (tertiary/aromatic N) is 1. The number of rotatable bonds is 6. The Labute approximate surface area is 96.1 Å². The van der Waals surface area contributed by atoms with Crippen molar-refractivity contribution in [2.75, 3.05) is 18.5 Å². The lowest BCUT2D eigenvalue weighted by Gasteiger charge is -2.20. The fraction of sp³-hybridized carbons (Fsp3) is 0.385. The second-order valence-corrected chi connectivity index (χ2v) is 3.90. The van der Waals surface area contributed by atoms with E-state index in [4.69, 9.17) is 0 Å². The van der Waals surface area contributed by atoms with E-state index in [-0.39, 0.29) is 5.78 Å². The van der Waals surface area contributed by atoms with Crippen LogP contribution in [0.25, 0.3) is 0 Å². The summed E-state index contributed by atoms with van der Waals surface area (Å²) >= 11 is 0. The average molecular weight is 219 g/mol. The Kier molecular flexibility index (Phi) is 4.70. The highest BCUT2D eigenvalue weighted by Crippen LogP contribution is 2.12. The van der Waals surface area contributed by atoms with Gasteiger partial charge in [-0.2, -0.15) is 0 Å². The smallest absolute Gasteiger partial charge is 0.140 e. The van der Waals surface area contributed by atoms with Crippen molar-refractivity contribution in [2.45, 2.75) is 13.3 Å². The summed E-state index contributed by atoms with van der Waals surface area (Å²) in [6.45, 7) is 2.16.